The van der Waals surface area contributed by atoms with Crippen LogP contribution < -0.4 is 14.8 Å². The zero-order valence-corrected chi connectivity index (χ0v) is 14.1. The van der Waals surface area contributed by atoms with Gasteiger partial charge in [0.1, 0.15) is 11.6 Å². The Hall–Kier alpha value is -2.34. The van der Waals surface area contributed by atoms with Crippen LogP contribution in [0, 0.1) is 11.6 Å². The number of methoxy groups -OCH3 is 2. The van der Waals surface area contributed by atoms with Gasteiger partial charge < -0.3 is 14.8 Å². The molecule has 2 rings (SSSR count). The molecule has 1 amide bonds. The molecule has 0 fully saturated rings. The van der Waals surface area contributed by atoms with Crippen molar-refractivity contribution in [1.82, 2.24) is 5.32 Å². The molecule has 2 aromatic carbocycles. The van der Waals surface area contributed by atoms with Gasteiger partial charge in [-0.3, -0.25) is 4.79 Å². The second kappa shape index (κ2) is 7.49. The molecule has 4 nitrogen and oxygen atoms in total. The van der Waals surface area contributed by atoms with E-state index in [0.717, 1.165) is 12.1 Å². The number of carbonyl (C=O) groups is 1. The fraction of sp³-hybridized carbons (Fsp3) is 0.235. The maximum absolute atomic E-state index is 13.8. The van der Waals surface area contributed by atoms with Crippen molar-refractivity contribution in [1.29, 1.82) is 0 Å². The van der Waals surface area contributed by atoms with Gasteiger partial charge in [0.25, 0.3) is 5.91 Å². The lowest BCUT2D eigenvalue weighted by molar-refractivity contribution is 0.0939. The first kappa shape index (κ1) is 18.0. The smallest absolute Gasteiger partial charge is 0.251 e. The molecule has 0 aromatic heterocycles. The number of carbonyl (C=O) groups excluding carboxylic acids is 1. The Morgan fingerprint density at radius 1 is 1.17 bits per heavy atom. The summed E-state index contributed by atoms with van der Waals surface area (Å²) in [7, 11) is 2.86. The predicted molar refractivity (Wildman–Crippen MR) is 86.8 cm³/mol. The summed E-state index contributed by atoms with van der Waals surface area (Å²) in [6.45, 7) is 1.59. The van der Waals surface area contributed by atoms with Gasteiger partial charge in [-0.2, -0.15) is 0 Å². The average molecular weight is 356 g/mol. The van der Waals surface area contributed by atoms with Gasteiger partial charge in [0.15, 0.2) is 11.5 Å². The lowest BCUT2D eigenvalue weighted by Gasteiger charge is -2.16. The van der Waals surface area contributed by atoms with Gasteiger partial charge in [-0.05, 0) is 25.1 Å². The molecule has 0 radical (unpaired) electrons. The maximum atomic E-state index is 13.8. The molecule has 1 N–H and O–H groups in total. The number of amides is 1. The quantitative estimate of drug-likeness (QED) is 0.877. The summed E-state index contributed by atoms with van der Waals surface area (Å²) in [5, 5.41) is 2.84. The van der Waals surface area contributed by atoms with Crippen LogP contribution in [0.1, 0.15) is 28.9 Å². The molecule has 0 heterocycles. The third-order valence-electron chi connectivity index (χ3n) is 3.47. The van der Waals surface area contributed by atoms with Crippen LogP contribution in [0.3, 0.4) is 0 Å². The highest BCUT2D eigenvalue weighted by atomic mass is 35.5. The highest BCUT2D eigenvalue weighted by molar-refractivity contribution is 6.32. The predicted octanol–water partition coefficient (Wildman–Crippen LogP) is 4.13. The lowest BCUT2D eigenvalue weighted by atomic mass is 10.1. The minimum atomic E-state index is -0.729. The van der Waals surface area contributed by atoms with Gasteiger partial charge in [-0.1, -0.05) is 17.7 Å². The van der Waals surface area contributed by atoms with Crippen LogP contribution in [0.15, 0.2) is 30.3 Å². The second-order valence-electron chi connectivity index (χ2n) is 5.05. The van der Waals surface area contributed by atoms with Crippen LogP contribution in [-0.2, 0) is 0 Å². The van der Waals surface area contributed by atoms with E-state index in [1.165, 1.54) is 32.4 Å². The molecule has 0 aliphatic rings. The lowest BCUT2D eigenvalue weighted by Crippen LogP contribution is -2.27. The molecule has 0 spiro atoms. The van der Waals surface area contributed by atoms with E-state index in [-0.39, 0.29) is 16.1 Å². The maximum Gasteiger partial charge on any atom is 0.251 e. The SMILES string of the molecule is COc1cc(C(=O)NC(C)c2ccc(F)cc2F)cc(Cl)c1OC. The first-order valence-electron chi connectivity index (χ1n) is 7.04. The Morgan fingerprint density at radius 3 is 2.46 bits per heavy atom. The summed E-state index contributed by atoms with van der Waals surface area (Å²) >= 11 is 6.07. The molecular weight excluding hydrogens is 340 g/mol. The van der Waals surface area contributed by atoms with Crippen LogP contribution in [0.2, 0.25) is 5.02 Å². The minimum absolute atomic E-state index is 0.177. The van der Waals surface area contributed by atoms with E-state index in [1.54, 1.807) is 6.92 Å². The third kappa shape index (κ3) is 3.76. The number of ether oxygens (including phenoxy) is 2. The second-order valence-corrected chi connectivity index (χ2v) is 5.46. The zero-order valence-electron chi connectivity index (χ0n) is 13.3. The highest BCUT2D eigenvalue weighted by Crippen LogP contribution is 2.36. The van der Waals surface area contributed by atoms with Crippen molar-refractivity contribution in [3.05, 3.63) is 58.1 Å². The summed E-state index contributed by atoms with van der Waals surface area (Å²) in [6, 6.07) is 5.42. The zero-order chi connectivity index (χ0) is 17.9. The van der Waals surface area contributed by atoms with E-state index in [0.29, 0.717) is 11.5 Å². The van der Waals surface area contributed by atoms with Crippen molar-refractivity contribution >= 4 is 17.5 Å². The van der Waals surface area contributed by atoms with Crippen molar-refractivity contribution in [2.24, 2.45) is 0 Å². The fourth-order valence-corrected chi connectivity index (χ4v) is 2.55. The van der Waals surface area contributed by atoms with Crippen LogP contribution in [0.4, 0.5) is 8.78 Å². The van der Waals surface area contributed by atoms with E-state index >= 15 is 0 Å². The van der Waals surface area contributed by atoms with E-state index in [2.05, 4.69) is 5.32 Å². The summed E-state index contributed by atoms with van der Waals surface area (Å²) in [5.41, 5.74) is 0.406. The molecule has 0 bridgehead atoms. The van der Waals surface area contributed by atoms with Gasteiger partial charge in [0.05, 0.1) is 25.3 Å². The Kier molecular flexibility index (Phi) is 5.62. The van der Waals surface area contributed by atoms with Crippen molar-refractivity contribution < 1.29 is 23.0 Å². The fourth-order valence-electron chi connectivity index (χ4n) is 2.26. The Bertz CT molecular complexity index is 768. The molecule has 2 aromatic rings. The largest absolute Gasteiger partial charge is 0.493 e. The number of nitrogens with one attached hydrogen (secondary N) is 1. The molecule has 0 aliphatic carbocycles. The van der Waals surface area contributed by atoms with Crippen molar-refractivity contribution in [2.45, 2.75) is 13.0 Å². The van der Waals surface area contributed by atoms with Gasteiger partial charge in [0, 0.05) is 17.2 Å². The summed E-state index contributed by atoms with van der Waals surface area (Å²) in [4.78, 5) is 12.4. The summed E-state index contributed by atoms with van der Waals surface area (Å²) in [5.74, 6) is -1.27. The standard InChI is InChI=1S/C17H16ClF2NO3/c1-9(12-5-4-11(19)8-14(12)20)21-17(22)10-6-13(18)16(24-3)15(7-10)23-2/h4-9H,1-3H3,(H,21,22). The van der Waals surface area contributed by atoms with Crippen LogP contribution >= 0.6 is 11.6 Å². The molecule has 0 saturated carbocycles. The summed E-state index contributed by atoms with van der Waals surface area (Å²) in [6.07, 6.45) is 0. The van der Waals surface area contributed by atoms with E-state index in [4.69, 9.17) is 21.1 Å². The average Bonchev–Trinajstić information content (AvgIpc) is 2.53. The Morgan fingerprint density at radius 2 is 1.88 bits per heavy atom. The number of rotatable bonds is 5. The number of benzene rings is 2. The molecule has 1 unspecified atom stereocenters. The highest BCUT2D eigenvalue weighted by Gasteiger charge is 2.18. The Balaban J connectivity index is 2.24. The Labute approximate surface area is 143 Å². The van der Waals surface area contributed by atoms with Gasteiger partial charge in [-0.25, -0.2) is 8.78 Å². The number of hydrogen-bond donors (Lipinski definition) is 1. The van der Waals surface area contributed by atoms with Crippen LogP contribution in [0.25, 0.3) is 0 Å². The first-order valence-corrected chi connectivity index (χ1v) is 7.42. The first-order chi connectivity index (χ1) is 11.4. The number of halogens is 3. The summed E-state index contributed by atoms with van der Waals surface area (Å²) < 4.78 is 37.0. The molecular formula is C17H16ClF2NO3. The van der Waals surface area contributed by atoms with Gasteiger partial charge in [0.2, 0.25) is 0 Å². The van der Waals surface area contributed by atoms with E-state index in [1.807, 2.05) is 0 Å². The monoisotopic (exact) mass is 355 g/mol. The van der Waals surface area contributed by atoms with Gasteiger partial charge >= 0.3 is 0 Å². The molecule has 7 heteroatoms. The van der Waals surface area contributed by atoms with Crippen molar-refractivity contribution in [3.63, 3.8) is 0 Å². The van der Waals surface area contributed by atoms with Crippen molar-refractivity contribution in [2.75, 3.05) is 14.2 Å². The van der Waals surface area contributed by atoms with E-state index in [9.17, 15) is 13.6 Å². The van der Waals surface area contributed by atoms with Crippen molar-refractivity contribution in [3.8, 4) is 11.5 Å². The minimum Gasteiger partial charge on any atom is -0.493 e. The van der Waals surface area contributed by atoms with E-state index < -0.39 is 23.6 Å². The molecule has 1 atom stereocenters. The third-order valence-corrected chi connectivity index (χ3v) is 3.75. The topological polar surface area (TPSA) is 47.6 Å². The van der Waals surface area contributed by atoms with Crippen LogP contribution in [0.5, 0.6) is 11.5 Å². The molecule has 128 valence electrons. The normalized spacial score (nSPS) is 11.8. The van der Waals surface area contributed by atoms with Gasteiger partial charge in [-0.15, -0.1) is 0 Å². The number of hydrogen-bond acceptors (Lipinski definition) is 3. The molecule has 24 heavy (non-hydrogen) atoms. The van der Waals surface area contributed by atoms with Crippen LogP contribution in [-0.4, -0.2) is 20.1 Å². The molecule has 0 saturated heterocycles. The molecule has 0 aliphatic heterocycles.